The number of amides is 1. The predicted octanol–water partition coefficient (Wildman–Crippen LogP) is 2.70. The summed E-state index contributed by atoms with van der Waals surface area (Å²) >= 11 is 0. The minimum atomic E-state index is -0.289. The number of fused-ring (bicyclic) bond motifs is 1. The lowest BCUT2D eigenvalue weighted by molar-refractivity contribution is 0.0912. The second kappa shape index (κ2) is 5.41. The van der Waals surface area contributed by atoms with E-state index in [9.17, 15) is 4.79 Å². The molecule has 2 aromatic carbocycles. The molecule has 100 valence electrons. The first-order valence-electron chi connectivity index (χ1n) is 6.54. The Morgan fingerprint density at radius 3 is 2.58 bits per heavy atom. The van der Waals surface area contributed by atoms with Crippen molar-refractivity contribution in [3.63, 3.8) is 0 Å². The van der Waals surface area contributed by atoms with E-state index in [2.05, 4.69) is 5.32 Å². The highest BCUT2D eigenvalue weighted by Crippen LogP contribution is 2.19. The van der Waals surface area contributed by atoms with E-state index in [4.69, 9.17) is 5.73 Å². The van der Waals surface area contributed by atoms with Crippen molar-refractivity contribution in [1.29, 1.82) is 0 Å². The highest BCUT2D eigenvalue weighted by molar-refractivity contribution is 6.07. The van der Waals surface area contributed by atoms with Crippen LogP contribution < -0.4 is 11.1 Å². The Kier molecular flexibility index (Phi) is 3.86. The molecule has 0 atom stereocenters. The van der Waals surface area contributed by atoms with E-state index >= 15 is 0 Å². The number of carbonyl (C=O) groups is 1. The minimum Gasteiger partial charge on any atom is -0.347 e. The third-order valence-corrected chi connectivity index (χ3v) is 3.26. The molecule has 19 heavy (non-hydrogen) atoms. The Balaban J connectivity index is 2.32. The van der Waals surface area contributed by atoms with Gasteiger partial charge in [0, 0.05) is 11.1 Å². The van der Waals surface area contributed by atoms with Crippen LogP contribution in [0.4, 0.5) is 0 Å². The summed E-state index contributed by atoms with van der Waals surface area (Å²) in [7, 11) is 0. The van der Waals surface area contributed by atoms with E-state index in [-0.39, 0.29) is 11.4 Å². The zero-order valence-corrected chi connectivity index (χ0v) is 11.4. The fraction of sp³-hybridized carbons (Fsp3) is 0.312. The molecule has 0 heterocycles. The Labute approximate surface area is 113 Å². The monoisotopic (exact) mass is 256 g/mol. The molecule has 2 rings (SSSR count). The lowest BCUT2D eigenvalue weighted by Crippen LogP contribution is -2.44. The van der Waals surface area contributed by atoms with Gasteiger partial charge in [-0.1, -0.05) is 36.4 Å². The number of benzene rings is 2. The van der Waals surface area contributed by atoms with Crippen molar-refractivity contribution in [2.45, 2.75) is 25.8 Å². The molecule has 1 amide bonds. The second-order valence-corrected chi connectivity index (χ2v) is 5.40. The van der Waals surface area contributed by atoms with Crippen LogP contribution in [0.1, 0.15) is 30.6 Å². The molecular weight excluding hydrogens is 236 g/mol. The number of hydrogen-bond acceptors (Lipinski definition) is 2. The zero-order valence-electron chi connectivity index (χ0n) is 11.4. The van der Waals surface area contributed by atoms with Crippen LogP contribution in [0.2, 0.25) is 0 Å². The lowest BCUT2D eigenvalue weighted by Gasteiger charge is -2.26. The molecule has 3 N–H and O–H groups in total. The molecule has 0 aliphatic heterocycles. The van der Waals surface area contributed by atoms with Crippen molar-refractivity contribution in [2.24, 2.45) is 5.73 Å². The summed E-state index contributed by atoms with van der Waals surface area (Å²) in [4.78, 5) is 12.4. The quantitative estimate of drug-likeness (QED) is 0.883. The van der Waals surface area contributed by atoms with E-state index in [1.807, 2.05) is 56.3 Å². The van der Waals surface area contributed by atoms with Crippen molar-refractivity contribution in [1.82, 2.24) is 5.32 Å². The Morgan fingerprint density at radius 1 is 1.16 bits per heavy atom. The number of nitrogens with one attached hydrogen (secondary N) is 1. The molecule has 2 aromatic rings. The first-order valence-corrected chi connectivity index (χ1v) is 6.54. The molecule has 0 fully saturated rings. The van der Waals surface area contributed by atoms with Crippen molar-refractivity contribution < 1.29 is 4.79 Å². The van der Waals surface area contributed by atoms with Crippen molar-refractivity contribution >= 4 is 16.7 Å². The third-order valence-electron chi connectivity index (χ3n) is 3.26. The van der Waals surface area contributed by atoms with Crippen LogP contribution in [0, 0.1) is 0 Å². The summed E-state index contributed by atoms with van der Waals surface area (Å²) in [6, 6.07) is 13.7. The third kappa shape index (κ3) is 3.12. The fourth-order valence-electron chi connectivity index (χ4n) is 2.22. The normalized spacial score (nSPS) is 11.5. The molecule has 0 aromatic heterocycles. The van der Waals surface area contributed by atoms with E-state index in [0.717, 1.165) is 17.2 Å². The molecule has 0 bridgehead atoms. The fourth-order valence-corrected chi connectivity index (χ4v) is 2.22. The molecule has 0 radical (unpaired) electrons. The molecule has 0 saturated carbocycles. The van der Waals surface area contributed by atoms with E-state index in [0.29, 0.717) is 12.1 Å². The largest absolute Gasteiger partial charge is 0.347 e. The summed E-state index contributed by atoms with van der Waals surface area (Å²) < 4.78 is 0. The Hall–Kier alpha value is -1.87. The van der Waals surface area contributed by atoms with Crippen molar-refractivity contribution in [3.05, 3.63) is 48.0 Å². The average molecular weight is 256 g/mol. The first-order chi connectivity index (χ1) is 9.03. The van der Waals surface area contributed by atoms with Crippen LogP contribution in [-0.2, 0) is 0 Å². The van der Waals surface area contributed by atoms with Gasteiger partial charge < -0.3 is 11.1 Å². The van der Waals surface area contributed by atoms with Gasteiger partial charge in [-0.15, -0.1) is 0 Å². The molecule has 0 unspecified atom stereocenters. The van der Waals surface area contributed by atoms with Gasteiger partial charge in [-0.2, -0.15) is 0 Å². The Morgan fingerprint density at radius 2 is 1.84 bits per heavy atom. The molecular formula is C16H20N2O. The highest BCUT2D eigenvalue weighted by Gasteiger charge is 2.21. The van der Waals surface area contributed by atoms with Gasteiger partial charge in [0.2, 0.25) is 0 Å². The maximum atomic E-state index is 12.4. The number of rotatable bonds is 4. The number of carbonyl (C=O) groups excluding carboxylic acids is 1. The van der Waals surface area contributed by atoms with Gasteiger partial charge >= 0.3 is 0 Å². The predicted molar refractivity (Wildman–Crippen MR) is 79.2 cm³/mol. The number of hydrogen-bond donors (Lipinski definition) is 2. The first kappa shape index (κ1) is 13.6. The molecule has 3 heteroatoms. The van der Waals surface area contributed by atoms with Gasteiger partial charge in [-0.3, -0.25) is 4.79 Å². The van der Waals surface area contributed by atoms with Crippen LogP contribution >= 0.6 is 0 Å². The topological polar surface area (TPSA) is 55.1 Å². The maximum absolute atomic E-state index is 12.4. The summed E-state index contributed by atoms with van der Waals surface area (Å²) in [5.41, 5.74) is 5.99. The van der Waals surface area contributed by atoms with Gasteiger partial charge in [-0.05, 0) is 43.7 Å². The van der Waals surface area contributed by atoms with E-state index in [1.165, 1.54) is 0 Å². The molecule has 0 saturated heterocycles. The summed E-state index contributed by atoms with van der Waals surface area (Å²) in [6.45, 7) is 4.54. The van der Waals surface area contributed by atoms with Gasteiger partial charge in [0.05, 0.1) is 0 Å². The van der Waals surface area contributed by atoms with Gasteiger partial charge in [0.25, 0.3) is 5.91 Å². The van der Waals surface area contributed by atoms with Crippen LogP contribution in [-0.4, -0.2) is 18.0 Å². The van der Waals surface area contributed by atoms with Gasteiger partial charge in [0.1, 0.15) is 0 Å². The SMILES string of the molecule is CC(C)(CCN)NC(=O)c1cccc2ccccc12. The second-order valence-electron chi connectivity index (χ2n) is 5.40. The highest BCUT2D eigenvalue weighted by atomic mass is 16.1. The minimum absolute atomic E-state index is 0.0461. The van der Waals surface area contributed by atoms with Crippen molar-refractivity contribution in [3.8, 4) is 0 Å². The number of nitrogens with two attached hydrogens (primary N) is 1. The average Bonchev–Trinajstić information content (AvgIpc) is 2.37. The Bertz CT molecular complexity index is 585. The molecule has 0 spiro atoms. The van der Waals surface area contributed by atoms with E-state index < -0.39 is 0 Å². The standard InChI is InChI=1S/C16H20N2O/c1-16(2,10-11-17)18-15(19)14-9-5-7-12-6-3-4-8-13(12)14/h3-9H,10-11,17H2,1-2H3,(H,18,19). The van der Waals surface area contributed by atoms with Crippen molar-refractivity contribution in [2.75, 3.05) is 6.54 Å². The van der Waals surface area contributed by atoms with Crippen LogP contribution in [0.25, 0.3) is 10.8 Å². The zero-order chi connectivity index (χ0) is 13.9. The van der Waals surface area contributed by atoms with Gasteiger partial charge in [-0.25, -0.2) is 0 Å². The van der Waals surface area contributed by atoms with Gasteiger partial charge in [0.15, 0.2) is 0 Å². The van der Waals surface area contributed by atoms with Crippen LogP contribution in [0.5, 0.6) is 0 Å². The smallest absolute Gasteiger partial charge is 0.252 e. The lowest BCUT2D eigenvalue weighted by atomic mass is 9.98. The summed E-state index contributed by atoms with van der Waals surface area (Å²) in [5, 5.41) is 5.10. The van der Waals surface area contributed by atoms with E-state index in [1.54, 1.807) is 0 Å². The molecule has 0 aliphatic rings. The summed E-state index contributed by atoms with van der Waals surface area (Å²) in [5.74, 6) is -0.0461. The van der Waals surface area contributed by atoms with Crippen LogP contribution in [0.15, 0.2) is 42.5 Å². The van der Waals surface area contributed by atoms with Crippen LogP contribution in [0.3, 0.4) is 0 Å². The summed E-state index contributed by atoms with van der Waals surface area (Å²) in [6.07, 6.45) is 0.753. The molecule has 0 aliphatic carbocycles. The maximum Gasteiger partial charge on any atom is 0.252 e. The molecule has 3 nitrogen and oxygen atoms in total.